The fourth-order valence-corrected chi connectivity index (χ4v) is 1.87. The molecule has 0 aromatic heterocycles. The van der Waals surface area contributed by atoms with Gasteiger partial charge in [-0.15, -0.1) is 0 Å². The Kier molecular flexibility index (Phi) is 6.61. The average Bonchev–Trinajstić information content (AvgIpc) is 2.43. The van der Waals surface area contributed by atoms with E-state index in [1.165, 1.54) is 6.92 Å². The van der Waals surface area contributed by atoms with Crippen LogP contribution in [0, 0.1) is 0 Å². The van der Waals surface area contributed by atoms with Gasteiger partial charge in [0.05, 0.1) is 6.42 Å². The SMILES string of the molecule is C[C@@H](Oc1cccc(Br)c1)C(=O)NNC(=O)C[C@@](C)(O)C(F)(F)F. The van der Waals surface area contributed by atoms with Crippen LogP contribution in [-0.2, 0) is 9.59 Å². The zero-order chi connectivity index (χ0) is 18.5. The summed E-state index contributed by atoms with van der Waals surface area (Å²) < 4.78 is 43.4. The number of alkyl halides is 3. The maximum absolute atomic E-state index is 12.5. The molecular weight excluding hydrogens is 397 g/mol. The van der Waals surface area contributed by atoms with Crippen molar-refractivity contribution in [1.29, 1.82) is 0 Å². The van der Waals surface area contributed by atoms with E-state index in [1.807, 2.05) is 5.43 Å². The highest BCUT2D eigenvalue weighted by atomic mass is 79.9. The lowest BCUT2D eigenvalue weighted by atomic mass is 10.0. The third kappa shape index (κ3) is 6.00. The average molecular weight is 413 g/mol. The molecule has 1 rings (SSSR count). The Hall–Kier alpha value is -1.81. The van der Waals surface area contributed by atoms with Crippen molar-refractivity contribution in [3.8, 4) is 5.75 Å². The summed E-state index contributed by atoms with van der Waals surface area (Å²) >= 11 is 3.23. The van der Waals surface area contributed by atoms with Gasteiger partial charge < -0.3 is 9.84 Å². The minimum Gasteiger partial charge on any atom is -0.481 e. The molecular formula is C14H16BrF3N2O4. The Morgan fingerprint density at radius 3 is 2.50 bits per heavy atom. The van der Waals surface area contributed by atoms with Crippen molar-refractivity contribution in [2.24, 2.45) is 0 Å². The molecule has 0 spiro atoms. The first-order chi connectivity index (χ1) is 10.9. The maximum Gasteiger partial charge on any atom is 0.417 e. The molecule has 24 heavy (non-hydrogen) atoms. The molecule has 0 aliphatic rings. The van der Waals surface area contributed by atoms with E-state index >= 15 is 0 Å². The van der Waals surface area contributed by atoms with Crippen LogP contribution in [0.3, 0.4) is 0 Å². The Bertz CT molecular complexity index is 608. The number of hydrazine groups is 1. The summed E-state index contributed by atoms with van der Waals surface area (Å²) in [5, 5.41) is 9.19. The van der Waals surface area contributed by atoms with Gasteiger partial charge >= 0.3 is 6.18 Å². The van der Waals surface area contributed by atoms with Crippen LogP contribution in [0.15, 0.2) is 28.7 Å². The second kappa shape index (κ2) is 7.84. The molecule has 2 atom stereocenters. The van der Waals surface area contributed by atoms with Gasteiger partial charge in [0.2, 0.25) is 5.91 Å². The molecule has 134 valence electrons. The van der Waals surface area contributed by atoms with Gasteiger partial charge in [-0.1, -0.05) is 22.0 Å². The van der Waals surface area contributed by atoms with E-state index in [9.17, 15) is 27.9 Å². The highest BCUT2D eigenvalue weighted by Gasteiger charge is 2.51. The Morgan fingerprint density at radius 2 is 1.96 bits per heavy atom. The number of aliphatic hydroxyl groups is 1. The lowest BCUT2D eigenvalue weighted by Crippen LogP contribution is -2.51. The molecule has 0 aliphatic heterocycles. The van der Waals surface area contributed by atoms with E-state index in [2.05, 4.69) is 15.9 Å². The van der Waals surface area contributed by atoms with E-state index in [4.69, 9.17) is 4.74 Å². The number of amides is 2. The first kappa shape index (κ1) is 20.2. The minimum atomic E-state index is -4.97. The number of hydrogen-bond donors (Lipinski definition) is 3. The molecule has 0 unspecified atom stereocenters. The smallest absolute Gasteiger partial charge is 0.417 e. The van der Waals surface area contributed by atoms with Gasteiger partial charge in [-0.05, 0) is 32.0 Å². The summed E-state index contributed by atoms with van der Waals surface area (Å²) in [6.45, 7) is 1.86. The van der Waals surface area contributed by atoms with Crippen molar-refractivity contribution in [3.05, 3.63) is 28.7 Å². The number of nitrogens with one attached hydrogen (secondary N) is 2. The van der Waals surface area contributed by atoms with Gasteiger partial charge in [0.15, 0.2) is 11.7 Å². The van der Waals surface area contributed by atoms with E-state index in [-0.39, 0.29) is 0 Å². The van der Waals surface area contributed by atoms with Gasteiger partial charge in [-0.3, -0.25) is 20.4 Å². The van der Waals surface area contributed by atoms with Crippen molar-refractivity contribution in [3.63, 3.8) is 0 Å². The van der Waals surface area contributed by atoms with Crippen LogP contribution >= 0.6 is 15.9 Å². The molecule has 6 nitrogen and oxygen atoms in total. The van der Waals surface area contributed by atoms with Gasteiger partial charge in [0.1, 0.15) is 5.75 Å². The molecule has 0 bridgehead atoms. The van der Waals surface area contributed by atoms with Gasteiger partial charge in [-0.25, -0.2) is 0 Å². The summed E-state index contributed by atoms with van der Waals surface area (Å²) in [5.74, 6) is -1.58. The number of halogens is 4. The summed E-state index contributed by atoms with van der Waals surface area (Å²) in [7, 11) is 0. The topological polar surface area (TPSA) is 87.7 Å². The lowest BCUT2D eigenvalue weighted by Gasteiger charge is -2.25. The number of rotatable bonds is 5. The molecule has 10 heteroatoms. The van der Waals surface area contributed by atoms with Crippen molar-refractivity contribution in [2.45, 2.75) is 38.1 Å². The van der Waals surface area contributed by atoms with Crippen LogP contribution in [0.1, 0.15) is 20.3 Å². The molecule has 1 aromatic rings. The molecule has 3 N–H and O–H groups in total. The van der Waals surface area contributed by atoms with Crippen LogP contribution in [0.2, 0.25) is 0 Å². The van der Waals surface area contributed by atoms with Crippen molar-refractivity contribution in [1.82, 2.24) is 10.9 Å². The van der Waals surface area contributed by atoms with Crippen molar-refractivity contribution >= 4 is 27.7 Å². The number of carbonyl (C=O) groups is 2. The second-order valence-electron chi connectivity index (χ2n) is 5.20. The Morgan fingerprint density at radius 1 is 1.33 bits per heavy atom. The highest BCUT2D eigenvalue weighted by molar-refractivity contribution is 9.10. The van der Waals surface area contributed by atoms with E-state index in [0.29, 0.717) is 12.7 Å². The van der Waals surface area contributed by atoms with E-state index in [1.54, 1.807) is 29.7 Å². The van der Waals surface area contributed by atoms with Crippen LogP contribution < -0.4 is 15.6 Å². The van der Waals surface area contributed by atoms with E-state index < -0.39 is 36.1 Å². The lowest BCUT2D eigenvalue weighted by molar-refractivity contribution is -0.253. The Labute approximate surface area is 144 Å². The largest absolute Gasteiger partial charge is 0.481 e. The first-order valence-electron chi connectivity index (χ1n) is 6.72. The van der Waals surface area contributed by atoms with Crippen LogP contribution in [0.25, 0.3) is 0 Å². The van der Waals surface area contributed by atoms with Crippen molar-refractivity contribution in [2.75, 3.05) is 0 Å². The number of carbonyl (C=O) groups excluding carboxylic acids is 2. The standard InChI is InChI=1S/C14H16BrF3N2O4/c1-8(24-10-5-3-4-9(15)6-10)12(22)20-19-11(21)7-13(2,23)14(16,17)18/h3-6,8,23H,7H2,1-2H3,(H,19,21)(H,20,22)/t8-,13-/m1/s1. The van der Waals surface area contributed by atoms with Gasteiger partial charge in [-0.2, -0.15) is 13.2 Å². The summed E-state index contributed by atoms with van der Waals surface area (Å²) in [5.41, 5.74) is 0.544. The number of benzene rings is 1. The maximum atomic E-state index is 12.5. The quantitative estimate of drug-likeness (QED) is 0.646. The van der Waals surface area contributed by atoms with Crippen LogP contribution in [0.4, 0.5) is 13.2 Å². The minimum absolute atomic E-state index is 0.387. The molecule has 2 amide bonds. The predicted molar refractivity (Wildman–Crippen MR) is 81.8 cm³/mol. The third-order valence-corrected chi connectivity index (χ3v) is 3.41. The molecule has 0 saturated carbocycles. The van der Waals surface area contributed by atoms with Crippen LogP contribution in [0.5, 0.6) is 5.75 Å². The predicted octanol–water partition coefficient (Wildman–Crippen LogP) is 2.07. The Balaban J connectivity index is 2.49. The summed E-state index contributed by atoms with van der Waals surface area (Å²) in [4.78, 5) is 23.2. The molecule has 0 fully saturated rings. The molecule has 0 heterocycles. The molecule has 0 radical (unpaired) electrons. The zero-order valence-corrected chi connectivity index (χ0v) is 14.4. The second-order valence-corrected chi connectivity index (χ2v) is 6.12. The number of ether oxygens (including phenoxy) is 1. The number of hydrogen-bond acceptors (Lipinski definition) is 4. The molecule has 0 saturated heterocycles. The fourth-order valence-electron chi connectivity index (χ4n) is 1.49. The summed E-state index contributed by atoms with van der Waals surface area (Å²) in [6, 6.07) is 6.66. The van der Waals surface area contributed by atoms with Crippen LogP contribution in [-0.4, -0.2) is 34.8 Å². The highest BCUT2D eigenvalue weighted by Crippen LogP contribution is 2.32. The zero-order valence-electron chi connectivity index (χ0n) is 12.8. The van der Waals surface area contributed by atoms with Gasteiger partial charge in [0.25, 0.3) is 5.91 Å². The monoisotopic (exact) mass is 412 g/mol. The molecule has 1 aromatic carbocycles. The van der Waals surface area contributed by atoms with E-state index in [0.717, 1.165) is 4.47 Å². The molecule has 0 aliphatic carbocycles. The third-order valence-electron chi connectivity index (χ3n) is 2.92. The fraction of sp³-hybridized carbons (Fsp3) is 0.429. The summed E-state index contributed by atoms with van der Waals surface area (Å²) in [6.07, 6.45) is -7.23. The van der Waals surface area contributed by atoms with Crippen molar-refractivity contribution < 1.29 is 32.6 Å². The van der Waals surface area contributed by atoms with Gasteiger partial charge in [0, 0.05) is 4.47 Å². The first-order valence-corrected chi connectivity index (χ1v) is 7.52. The normalized spacial score (nSPS) is 15.1.